The highest BCUT2D eigenvalue weighted by Crippen LogP contribution is 1.93. The minimum atomic E-state index is 1.13. The highest BCUT2D eigenvalue weighted by Gasteiger charge is 1.75. The molecule has 0 fully saturated rings. The molecule has 0 atom stereocenters. The van der Waals surface area contributed by atoms with Gasteiger partial charge in [0, 0.05) is 7.05 Å². The predicted octanol–water partition coefficient (Wildman–Crippen LogP) is 3.39. The minimum Gasteiger partial charge on any atom is -0.287 e. The average Bonchev–Trinajstić information content (AvgIpc) is 2.19. The fourth-order valence-corrected chi connectivity index (χ4v) is 0.808. The summed E-state index contributed by atoms with van der Waals surface area (Å²) < 4.78 is 0. The quantitative estimate of drug-likeness (QED) is 0.456. The van der Waals surface area contributed by atoms with E-state index < -0.39 is 0 Å². The smallest absolute Gasteiger partial charge is 0.0638 e. The first-order valence-corrected chi connectivity index (χ1v) is 5.42. The van der Waals surface area contributed by atoms with Crippen LogP contribution in [0.3, 0.4) is 0 Å². The van der Waals surface area contributed by atoms with Crippen LogP contribution in [0.1, 0.15) is 12.5 Å². The van der Waals surface area contributed by atoms with Gasteiger partial charge in [-0.2, -0.15) is 0 Å². The first kappa shape index (κ1) is 12.2. The molecule has 0 aliphatic rings. The second kappa shape index (κ2) is 7.87. The van der Waals surface area contributed by atoms with Crippen LogP contribution < -0.4 is 0 Å². The molecule has 13 heavy (non-hydrogen) atoms. The predicted molar refractivity (Wildman–Crippen MR) is 63.7 cm³/mol. The highest BCUT2D eigenvalue weighted by atomic mass is 32.2. The lowest BCUT2D eigenvalue weighted by atomic mass is 10.2. The van der Waals surface area contributed by atoms with E-state index in [1.165, 1.54) is 5.56 Å². The number of hydrogen-bond donors (Lipinski definition) is 0. The van der Waals surface area contributed by atoms with Gasteiger partial charge in [0.1, 0.15) is 0 Å². The average molecular weight is 195 g/mol. The van der Waals surface area contributed by atoms with E-state index in [4.69, 9.17) is 0 Å². The zero-order valence-corrected chi connectivity index (χ0v) is 9.56. The minimum absolute atomic E-state index is 1.13. The molecule has 0 aliphatic heterocycles. The molecule has 0 heterocycles. The van der Waals surface area contributed by atoms with Crippen LogP contribution in [0, 0.1) is 6.92 Å². The molecule has 2 heteroatoms. The van der Waals surface area contributed by atoms with Crippen molar-refractivity contribution < 1.29 is 0 Å². The Labute approximate surface area is 85.3 Å². The fourth-order valence-electron chi connectivity index (χ4n) is 0.626. The largest absolute Gasteiger partial charge is 0.287 e. The molecular weight excluding hydrogens is 178 g/mol. The summed E-state index contributed by atoms with van der Waals surface area (Å²) in [7, 11) is 1.80. The molecule has 1 nitrogen and oxygen atoms in total. The van der Waals surface area contributed by atoms with Crippen LogP contribution in [-0.2, 0) is 0 Å². The SMILES string of the molecule is CN=C(C)SC.Cc1ccccc1. The molecule has 0 saturated carbocycles. The Kier molecular flexibility index (Phi) is 7.41. The number of aryl methyl sites for hydroxylation is 1. The van der Waals surface area contributed by atoms with Crippen molar-refractivity contribution in [3.8, 4) is 0 Å². The zero-order valence-electron chi connectivity index (χ0n) is 8.74. The summed E-state index contributed by atoms with van der Waals surface area (Å²) in [5, 5.41) is 1.13. The van der Waals surface area contributed by atoms with E-state index in [-0.39, 0.29) is 0 Å². The van der Waals surface area contributed by atoms with Crippen molar-refractivity contribution in [2.75, 3.05) is 13.3 Å². The molecule has 0 saturated heterocycles. The van der Waals surface area contributed by atoms with E-state index in [9.17, 15) is 0 Å². The fraction of sp³-hybridized carbons (Fsp3) is 0.364. The molecular formula is C11H17NS. The Morgan fingerprint density at radius 3 is 1.92 bits per heavy atom. The number of aliphatic imine (C=N–C) groups is 1. The topological polar surface area (TPSA) is 12.4 Å². The van der Waals surface area contributed by atoms with Gasteiger partial charge in [-0.3, -0.25) is 4.99 Å². The molecule has 0 aliphatic carbocycles. The van der Waals surface area contributed by atoms with Gasteiger partial charge in [-0.1, -0.05) is 35.9 Å². The third-order valence-corrected chi connectivity index (χ3v) is 2.32. The summed E-state index contributed by atoms with van der Waals surface area (Å²) in [6.07, 6.45) is 2.02. The normalized spacial score (nSPS) is 10.3. The summed E-state index contributed by atoms with van der Waals surface area (Å²) in [4.78, 5) is 3.89. The molecule has 1 aromatic rings. The monoisotopic (exact) mass is 195 g/mol. The Morgan fingerprint density at radius 1 is 1.23 bits per heavy atom. The molecule has 1 rings (SSSR count). The van der Waals surface area contributed by atoms with Crippen LogP contribution in [0.4, 0.5) is 0 Å². The maximum atomic E-state index is 3.89. The van der Waals surface area contributed by atoms with Crippen molar-refractivity contribution in [1.82, 2.24) is 0 Å². The summed E-state index contributed by atoms with van der Waals surface area (Å²) >= 11 is 1.67. The van der Waals surface area contributed by atoms with Crippen molar-refractivity contribution in [2.45, 2.75) is 13.8 Å². The van der Waals surface area contributed by atoms with Gasteiger partial charge in [0.15, 0.2) is 0 Å². The van der Waals surface area contributed by atoms with Crippen molar-refractivity contribution >= 4 is 16.8 Å². The number of thioether (sulfide) groups is 1. The number of hydrogen-bond acceptors (Lipinski definition) is 2. The van der Waals surface area contributed by atoms with E-state index in [1.54, 1.807) is 18.8 Å². The van der Waals surface area contributed by atoms with Crippen LogP contribution in [0.15, 0.2) is 35.3 Å². The standard InChI is InChI=1S/C7H8.C4H9NS/c1-7-5-3-2-4-6-7;1-4(5-2)6-3/h2-6H,1H3;1-3H3. The second-order valence-electron chi connectivity index (χ2n) is 2.60. The summed E-state index contributed by atoms with van der Waals surface area (Å²) in [5.74, 6) is 0. The zero-order chi connectivity index (χ0) is 10.1. The van der Waals surface area contributed by atoms with E-state index in [0.29, 0.717) is 0 Å². The third-order valence-electron chi connectivity index (χ3n) is 1.55. The molecule has 0 unspecified atom stereocenters. The van der Waals surface area contributed by atoms with E-state index in [0.717, 1.165) is 5.04 Å². The lowest BCUT2D eigenvalue weighted by Crippen LogP contribution is -1.76. The molecule has 1 aromatic carbocycles. The second-order valence-corrected chi connectivity index (χ2v) is 3.60. The van der Waals surface area contributed by atoms with Gasteiger partial charge in [-0.25, -0.2) is 0 Å². The van der Waals surface area contributed by atoms with Gasteiger partial charge in [0.05, 0.1) is 5.04 Å². The third kappa shape index (κ3) is 7.60. The van der Waals surface area contributed by atoms with Crippen molar-refractivity contribution in [2.24, 2.45) is 4.99 Å². The van der Waals surface area contributed by atoms with Crippen LogP contribution in [0.25, 0.3) is 0 Å². The van der Waals surface area contributed by atoms with Gasteiger partial charge in [-0.15, -0.1) is 11.8 Å². The molecule has 0 aromatic heterocycles. The summed E-state index contributed by atoms with van der Waals surface area (Å²) in [6, 6.07) is 10.3. The van der Waals surface area contributed by atoms with Gasteiger partial charge in [0.2, 0.25) is 0 Å². The number of nitrogens with zero attached hydrogens (tertiary/aromatic N) is 1. The van der Waals surface area contributed by atoms with Crippen LogP contribution in [-0.4, -0.2) is 18.3 Å². The summed E-state index contributed by atoms with van der Waals surface area (Å²) in [5.41, 5.74) is 1.32. The Balaban J connectivity index is 0.000000226. The first-order valence-electron chi connectivity index (χ1n) is 4.19. The molecule has 0 amide bonds. The highest BCUT2D eigenvalue weighted by molar-refractivity contribution is 8.13. The molecule has 0 spiro atoms. The maximum absolute atomic E-state index is 3.89. The lowest BCUT2D eigenvalue weighted by Gasteiger charge is -1.83. The Hall–Kier alpha value is -0.760. The van der Waals surface area contributed by atoms with Crippen LogP contribution >= 0.6 is 11.8 Å². The van der Waals surface area contributed by atoms with Gasteiger partial charge in [0.25, 0.3) is 0 Å². The van der Waals surface area contributed by atoms with Gasteiger partial charge >= 0.3 is 0 Å². The van der Waals surface area contributed by atoms with E-state index in [2.05, 4.69) is 24.0 Å². The van der Waals surface area contributed by atoms with E-state index in [1.807, 2.05) is 31.4 Å². The van der Waals surface area contributed by atoms with Crippen LogP contribution in [0.5, 0.6) is 0 Å². The van der Waals surface area contributed by atoms with Crippen molar-refractivity contribution in [3.63, 3.8) is 0 Å². The lowest BCUT2D eigenvalue weighted by molar-refractivity contribution is 1.45. The Bertz CT molecular complexity index is 242. The van der Waals surface area contributed by atoms with E-state index >= 15 is 0 Å². The maximum Gasteiger partial charge on any atom is 0.0638 e. The summed E-state index contributed by atoms with van der Waals surface area (Å²) in [6.45, 7) is 4.07. The van der Waals surface area contributed by atoms with Gasteiger partial charge < -0.3 is 0 Å². The van der Waals surface area contributed by atoms with Crippen molar-refractivity contribution in [3.05, 3.63) is 35.9 Å². The number of benzene rings is 1. The molecule has 0 N–H and O–H groups in total. The number of rotatable bonds is 0. The van der Waals surface area contributed by atoms with Gasteiger partial charge in [-0.05, 0) is 20.1 Å². The first-order chi connectivity index (χ1) is 6.20. The molecule has 0 bridgehead atoms. The van der Waals surface area contributed by atoms with Crippen molar-refractivity contribution in [1.29, 1.82) is 0 Å². The Morgan fingerprint density at radius 2 is 1.77 bits per heavy atom. The molecule has 0 radical (unpaired) electrons. The molecule has 72 valence electrons. The van der Waals surface area contributed by atoms with Crippen LogP contribution in [0.2, 0.25) is 0 Å².